The predicted molar refractivity (Wildman–Crippen MR) is 69.2 cm³/mol. The molecule has 0 aliphatic rings. The molecule has 0 atom stereocenters. The molecular weight excluding hydrogens is 216 g/mol. The van der Waals surface area contributed by atoms with E-state index in [9.17, 15) is 4.79 Å². The molecule has 0 aliphatic carbocycles. The van der Waals surface area contributed by atoms with Crippen LogP contribution >= 0.6 is 0 Å². The first-order valence-electron chi connectivity index (χ1n) is 5.79. The van der Waals surface area contributed by atoms with E-state index in [2.05, 4.69) is 10.3 Å². The van der Waals surface area contributed by atoms with Gasteiger partial charge in [0, 0.05) is 12.2 Å². The van der Waals surface area contributed by atoms with Crippen LogP contribution in [0.15, 0.2) is 6.08 Å². The van der Waals surface area contributed by atoms with Crippen molar-refractivity contribution in [3.63, 3.8) is 0 Å². The van der Waals surface area contributed by atoms with Crippen LogP contribution in [0.1, 0.15) is 34.2 Å². The first-order chi connectivity index (χ1) is 8.11. The van der Waals surface area contributed by atoms with E-state index in [1.54, 1.807) is 6.92 Å². The maximum atomic E-state index is 11.7. The fourth-order valence-electron chi connectivity index (χ4n) is 1.72. The van der Waals surface area contributed by atoms with E-state index in [0.29, 0.717) is 12.3 Å². The molecule has 1 aromatic rings. The fraction of sp³-hybridized carbons (Fsp3) is 0.462. The number of nitrogens with one attached hydrogen (secondary N) is 2. The topological polar surface area (TPSA) is 54.1 Å². The van der Waals surface area contributed by atoms with Crippen molar-refractivity contribution in [2.45, 2.75) is 20.8 Å². The van der Waals surface area contributed by atoms with E-state index in [0.717, 1.165) is 23.4 Å². The molecule has 0 spiro atoms. The Bertz CT molecular complexity index is 419. The zero-order valence-corrected chi connectivity index (χ0v) is 10.9. The number of likely N-dealkylation sites (N-methyl/N-ethyl adjacent to an activating group) is 1. The van der Waals surface area contributed by atoms with Gasteiger partial charge in [-0.25, -0.2) is 4.79 Å². The molecule has 1 heterocycles. The van der Waals surface area contributed by atoms with Gasteiger partial charge in [-0.3, -0.25) is 0 Å². The van der Waals surface area contributed by atoms with Crippen LogP contribution in [0.2, 0.25) is 0 Å². The summed E-state index contributed by atoms with van der Waals surface area (Å²) in [6.07, 6.45) is 4.04. The van der Waals surface area contributed by atoms with Crippen molar-refractivity contribution >= 4 is 12.0 Å². The van der Waals surface area contributed by atoms with Crippen molar-refractivity contribution in [1.29, 1.82) is 0 Å². The van der Waals surface area contributed by atoms with Gasteiger partial charge >= 0.3 is 5.97 Å². The van der Waals surface area contributed by atoms with E-state index in [-0.39, 0.29) is 5.97 Å². The van der Waals surface area contributed by atoms with Crippen LogP contribution in [0, 0.1) is 13.8 Å². The summed E-state index contributed by atoms with van der Waals surface area (Å²) in [6, 6.07) is 0. The number of carbonyl (C=O) groups excluding carboxylic acids is 1. The first kappa shape index (κ1) is 13.5. The van der Waals surface area contributed by atoms with Crippen molar-refractivity contribution in [2.75, 3.05) is 20.2 Å². The highest BCUT2D eigenvalue weighted by Crippen LogP contribution is 2.20. The van der Waals surface area contributed by atoms with E-state index < -0.39 is 0 Å². The standard InChI is InChI=1S/C13H20N2O2/c1-5-17-13(16)12-9(2)11(10(3)15-12)7-6-8-14-4/h6-7,14-15H,5,8H2,1-4H3. The minimum Gasteiger partial charge on any atom is -0.461 e. The smallest absolute Gasteiger partial charge is 0.355 e. The lowest BCUT2D eigenvalue weighted by atomic mass is 10.1. The Kier molecular flexibility index (Phi) is 4.97. The fourth-order valence-corrected chi connectivity index (χ4v) is 1.72. The average Bonchev–Trinajstić information content (AvgIpc) is 2.57. The van der Waals surface area contributed by atoms with E-state index >= 15 is 0 Å². The number of hydrogen-bond donors (Lipinski definition) is 2. The lowest BCUT2D eigenvalue weighted by Gasteiger charge is -2.00. The highest BCUT2D eigenvalue weighted by atomic mass is 16.5. The summed E-state index contributed by atoms with van der Waals surface area (Å²) in [7, 11) is 1.89. The molecule has 4 nitrogen and oxygen atoms in total. The van der Waals surface area contributed by atoms with Gasteiger partial charge in [-0.15, -0.1) is 0 Å². The maximum Gasteiger partial charge on any atom is 0.355 e. The van der Waals surface area contributed by atoms with Crippen LogP contribution in [0.4, 0.5) is 0 Å². The number of carbonyl (C=O) groups is 1. The second-order valence-electron chi connectivity index (χ2n) is 3.84. The number of rotatable bonds is 5. The molecule has 1 rings (SSSR count). The summed E-state index contributed by atoms with van der Waals surface area (Å²) in [5.41, 5.74) is 3.53. The molecule has 0 amide bonds. The van der Waals surface area contributed by atoms with Crippen molar-refractivity contribution in [3.05, 3.63) is 28.6 Å². The summed E-state index contributed by atoms with van der Waals surface area (Å²) in [5, 5.41) is 3.04. The largest absolute Gasteiger partial charge is 0.461 e. The molecule has 2 N–H and O–H groups in total. The number of aromatic nitrogens is 1. The van der Waals surface area contributed by atoms with Crippen LogP contribution in [0.5, 0.6) is 0 Å². The van der Waals surface area contributed by atoms with E-state index in [4.69, 9.17) is 4.74 Å². The van der Waals surface area contributed by atoms with Crippen molar-refractivity contribution in [2.24, 2.45) is 0 Å². The van der Waals surface area contributed by atoms with Crippen molar-refractivity contribution < 1.29 is 9.53 Å². The van der Waals surface area contributed by atoms with Crippen LogP contribution < -0.4 is 5.32 Å². The number of esters is 1. The first-order valence-corrected chi connectivity index (χ1v) is 5.79. The Morgan fingerprint density at radius 2 is 2.18 bits per heavy atom. The molecule has 17 heavy (non-hydrogen) atoms. The molecule has 0 aliphatic heterocycles. The van der Waals surface area contributed by atoms with Crippen LogP contribution in [-0.4, -0.2) is 31.2 Å². The van der Waals surface area contributed by atoms with Gasteiger partial charge in [0.1, 0.15) is 5.69 Å². The minimum atomic E-state index is -0.290. The zero-order chi connectivity index (χ0) is 12.8. The molecular formula is C13H20N2O2. The maximum absolute atomic E-state index is 11.7. The highest BCUT2D eigenvalue weighted by molar-refractivity contribution is 5.90. The van der Waals surface area contributed by atoms with Gasteiger partial charge in [-0.2, -0.15) is 0 Å². The molecule has 4 heteroatoms. The summed E-state index contributed by atoms with van der Waals surface area (Å²) in [5.74, 6) is -0.290. The van der Waals surface area contributed by atoms with Gasteiger partial charge in [0.15, 0.2) is 0 Å². The predicted octanol–water partition coefficient (Wildman–Crippen LogP) is 2.04. The molecule has 0 bridgehead atoms. The Balaban J connectivity index is 2.97. The molecule has 0 saturated heterocycles. The molecule has 0 aromatic carbocycles. The second-order valence-corrected chi connectivity index (χ2v) is 3.84. The Hall–Kier alpha value is -1.55. The Morgan fingerprint density at radius 1 is 1.47 bits per heavy atom. The number of ether oxygens (including phenoxy) is 1. The summed E-state index contributed by atoms with van der Waals surface area (Å²) in [4.78, 5) is 14.7. The van der Waals surface area contributed by atoms with Gasteiger partial charge in [0.25, 0.3) is 0 Å². The number of aryl methyl sites for hydroxylation is 1. The summed E-state index contributed by atoms with van der Waals surface area (Å²) >= 11 is 0. The monoisotopic (exact) mass is 236 g/mol. The van der Waals surface area contributed by atoms with Crippen LogP contribution in [0.3, 0.4) is 0 Å². The average molecular weight is 236 g/mol. The second kappa shape index (κ2) is 6.25. The minimum absolute atomic E-state index is 0.290. The lowest BCUT2D eigenvalue weighted by molar-refractivity contribution is 0.0519. The van der Waals surface area contributed by atoms with Crippen molar-refractivity contribution in [3.8, 4) is 0 Å². The quantitative estimate of drug-likeness (QED) is 0.769. The lowest BCUT2D eigenvalue weighted by Crippen LogP contribution is -2.06. The third-order valence-corrected chi connectivity index (χ3v) is 2.58. The third-order valence-electron chi connectivity index (χ3n) is 2.58. The van der Waals surface area contributed by atoms with Gasteiger partial charge in [0.2, 0.25) is 0 Å². The summed E-state index contributed by atoms with van der Waals surface area (Å²) in [6.45, 7) is 6.88. The van der Waals surface area contributed by atoms with Gasteiger partial charge < -0.3 is 15.0 Å². The number of aromatic amines is 1. The van der Waals surface area contributed by atoms with Crippen LogP contribution in [0.25, 0.3) is 6.08 Å². The summed E-state index contributed by atoms with van der Waals surface area (Å²) < 4.78 is 5.00. The number of H-pyrrole nitrogens is 1. The molecule has 0 fully saturated rings. The SMILES string of the molecule is CCOC(=O)c1[nH]c(C)c(C=CCNC)c1C. The Morgan fingerprint density at radius 3 is 2.76 bits per heavy atom. The Labute approximate surface area is 102 Å². The van der Waals surface area contributed by atoms with Gasteiger partial charge in [0.05, 0.1) is 6.61 Å². The highest BCUT2D eigenvalue weighted by Gasteiger charge is 2.16. The van der Waals surface area contributed by atoms with Gasteiger partial charge in [-0.1, -0.05) is 12.2 Å². The molecule has 0 unspecified atom stereocenters. The van der Waals surface area contributed by atoms with Gasteiger partial charge in [-0.05, 0) is 38.9 Å². The zero-order valence-electron chi connectivity index (χ0n) is 10.9. The van der Waals surface area contributed by atoms with Crippen molar-refractivity contribution in [1.82, 2.24) is 10.3 Å². The number of hydrogen-bond acceptors (Lipinski definition) is 3. The van der Waals surface area contributed by atoms with Crippen LogP contribution in [-0.2, 0) is 4.74 Å². The molecule has 0 saturated carbocycles. The third kappa shape index (κ3) is 3.20. The molecule has 1 aromatic heterocycles. The molecule has 0 radical (unpaired) electrons. The normalized spacial score (nSPS) is 11.1. The van der Waals surface area contributed by atoms with E-state index in [1.807, 2.05) is 33.0 Å². The van der Waals surface area contributed by atoms with E-state index in [1.165, 1.54) is 0 Å². The molecule has 94 valence electrons.